The van der Waals surface area contributed by atoms with Gasteiger partial charge in [0.05, 0.1) is 6.54 Å². The fraction of sp³-hybridized carbons (Fsp3) is 0.591. The third-order valence-electron chi connectivity index (χ3n) is 5.12. The number of nitrogens with zero attached hydrogens (tertiary/aromatic N) is 1. The van der Waals surface area contributed by atoms with Gasteiger partial charge in [-0.05, 0) is 31.2 Å². The molecule has 1 saturated heterocycles. The van der Waals surface area contributed by atoms with Crippen LogP contribution in [0.5, 0.6) is 0 Å². The van der Waals surface area contributed by atoms with Gasteiger partial charge in [-0.2, -0.15) is 0 Å². The minimum atomic E-state index is 0.111. The highest BCUT2D eigenvalue weighted by molar-refractivity contribution is 5.77. The Bertz CT molecular complexity index is 548. The second kappa shape index (κ2) is 11.9. The van der Waals surface area contributed by atoms with Crippen molar-refractivity contribution in [3.63, 3.8) is 0 Å². The minimum Gasteiger partial charge on any atom is -0.358 e. The van der Waals surface area contributed by atoms with Crippen LogP contribution in [0.1, 0.15) is 51.0 Å². The summed E-state index contributed by atoms with van der Waals surface area (Å²) in [5, 5.41) is 6.47. The molecule has 1 heterocycles. The molecule has 2 rings (SSSR count). The Morgan fingerprint density at radius 3 is 2.58 bits per heavy atom. The Hall–Kier alpha value is -1.65. The Morgan fingerprint density at radius 2 is 1.92 bits per heavy atom. The number of amides is 1. The van der Waals surface area contributed by atoms with Gasteiger partial charge in [0.1, 0.15) is 0 Å². The number of benzene rings is 1. The van der Waals surface area contributed by atoms with Crippen molar-refractivity contribution in [3.8, 4) is 0 Å². The summed E-state index contributed by atoms with van der Waals surface area (Å²) in [6, 6.07) is 11.2. The second-order valence-corrected chi connectivity index (χ2v) is 7.27. The molecule has 144 valence electrons. The third-order valence-corrected chi connectivity index (χ3v) is 5.12. The molecule has 1 fully saturated rings. The van der Waals surface area contributed by atoms with Gasteiger partial charge in [-0.1, -0.05) is 61.7 Å². The average molecular weight is 358 g/mol. The van der Waals surface area contributed by atoms with Crippen molar-refractivity contribution in [1.29, 1.82) is 0 Å². The fourth-order valence-corrected chi connectivity index (χ4v) is 3.45. The predicted octanol–water partition coefficient (Wildman–Crippen LogP) is 3.45. The molecular weight excluding hydrogens is 322 g/mol. The van der Waals surface area contributed by atoms with E-state index in [1.54, 1.807) is 7.05 Å². The first-order valence-electron chi connectivity index (χ1n) is 10.1. The highest BCUT2D eigenvalue weighted by atomic mass is 16.1. The summed E-state index contributed by atoms with van der Waals surface area (Å²) in [6.07, 6.45) is 9.57. The number of nitrogens with one attached hydrogen (secondary N) is 2. The van der Waals surface area contributed by atoms with Gasteiger partial charge in [0.15, 0.2) is 0 Å². The van der Waals surface area contributed by atoms with Crippen LogP contribution < -0.4 is 10.6 Å². The van der Waals surface area contributed by atoms with Gasteiger partial charge in [-0.25, -0.2) is 0 Å². The molecule has 4 nitrogen and oxygen atoms in total. The SMILES string of the molecule is CCCCC/C(=C/c1ccccc1)CNC1CCN(CC(=O)NC)CC1. The van der Waals surface area contributed by atoms with Gasteiger partial charge in [0.25, 0.3) is 0 Å². The third kappa shape index (κ3) is 7.71. The Morgan fingerprint density at radius 1 is 1.19 bits per heavy atom. The lowest BCUT2D eigenvalue weighted by Crippen LogP contribution is -2.46. The second-order valence-electron chi connectivity index (χ2n) is 7.27. The van der Waals surface area contributed by atoms with Crippen LogP contribution in [0.4, 0.5) is 0 Å². The zero-order valence-corrected chi connectivity index (χ0v) is 16.5. The van der Waals surface area contributed by atoms with Crippen LogP contribution in [-0.4, -0.2) is 50.1 Å². The van der Waals surface area contributed by atoms with Crippen molar-refractivity contribution in [1.82, 2.24) is 15.5 Å². The van der Waals surface area contributed by atoms with E-state index < -0.39 is 0 Å². The molecule has 1 aromatic rings. The number of piperidine rings is 1. The largest absolute Gasteiger partial charge is 0.358 e. The lowest BCUT2D eigenvalue weighted by Gasteiger charge is -2.32. The van der Waals surface area contributed by atoms with E-state index in [0.29, 0.717) is 12.6 Å². The van der Waals surface area contributed by atoms with Crippen LogP contribution in [0.2, 0.25) is 0 Å². The number of carbonyl (C=O) groups is 1. The minimum absolute atomic E-state index is 0.111. The maximum absolute atomic E-state index is 11.5. The Balaban J connectivity index is 1.81. The molecule has 0 radical (unpaired) electrons. The molecule has 0 saturated carbocycles. The molecule has 1 aromatic carbocycles. The summed E-state index contributed by atoms with van der Waals surface area (Å²) in [6.45, 7) is 5.75. The fourth-order valence-electron chi connectivity index (χ4n) is 3.45. The quantitative estimate of drug-likeness (QED) is 0.631. The molecule has 1 aliphatic heterocycles. The van der Waals surface area contributed by atoms with Gasteiger partial charge in [0, 0.05) is 32.7 Å². The normalized spacial score (nSPS) is 16.6. The maximum Gasteiger partial charge on any atom is 0.233 e. The van der Waals surface area contributed by atoms with Gasteiger partial charge in [0.2, 0.25) is 5.91 Å². The number of unbranched alkanes of at least 4 members (excludes halogenated alkanes) is 2. The van der Waals surface area contributed by atoms with Crippen molar-refractivity contribution in [2.24, 2.45) is 0 Å². The molecule has 2 N–H and O–H groups in total. The highest BCUT2D eigenvalue weighted by Crippen LogP contribution is 2.15. The molecule has 0 aliphatic carbocycles. The van der Waals surface area contributed by atoms with Crippen LogP contribution >= 0.6 is 0 Å². The van der Waals surface area contributed by atoms with Gasteiger partial charge in [-0.15, -0.1) is 0 Å². The number of likely N-dealkylation sites (N-methyl/N-ethyl adjacent to an activating group) is 1. The molecule has 0 bridgehead atoms. The van der Waals surface area contributed by atoms with E-state index in [4.69, 9.17) is 0 Å². The Labute approximate surface area is 159 Å². The topological polar surface area (TPSA) is 44.4 Å². The summed E-state index contributed by atoms with van der Waals surface area (Å²) < 4.78 is 0. The van der Waals surface area contributed by atoms with Crippen LogP contribution in [0.15, 0.2) is 35.9 Å². The van der Waals surface area contributed by atoms with Gasteiger partial charge in [-0.3, -0.25) is 9.69 Å². The molecule has 26 heavy (non-hydrogen) atoms. The van der Waals surface area contributed by atoms with Crippen molar-refractivity contribution in [2.75, 3.05) is 33.2 Å². The van der Waals surface area contributed by atoms with E-state index >= 15 is 0 Å². The summed E-state index contributed by atoms with van der Waals surface area (Å²) in [4.78, 5) is 13.7. The van der Waals surface area contributed by atoms with E-state index in [-0.39, 0.29) is 5.91 Å². The number of hydrogen-bond acceptors (Lipinski definition) is 3. The molecule has 0 atom stereocenters. The van der Waals surface area contributed by atoms with E-state index in [0.717, 1.165) is 32.5 Å². The first-order chi connectivity index (χ1) is 12.7. The highest BCUT2D eigenvalue weighted by Gasteiger charge is 2.20. The first-order valence-corrected chi connectivity index (χ1v) is 10.1. The summed E-state index contributed by atoms with van der Waals surface area (Å²) in [5.74, 6) is 0.111. The lowest BCUT2D eigenvalue weighted by molar-refractivity contribution is -0.122. The number of likely N-dealkylation sites (tertiary alicyclic amines) is 1. The molecular formula is C22H35N3O. The molecule has 0 unspecified atom stereocenters. The van der Waals surface area contributed by atoms with Crippen molar-refractivity contribution >= 4 is 12.0 Å². The van der Waals surface area contributed by atoms with Gasteiger partial charge < -0.3 is 10.6 Å². The zero-order chi connectivity index (χ0) is 18.6. The molecule has 1 amide bonds. The smallest absolute Gasteiger partial charge is 0.233 e. The average Bonchev–Trinajstić information content (AvgIpc) is 2.68. The first kappa shape index (κ1) is 20.7. The Kier molecular flexibility index (Phi) is 9.43. The number of carbonyl (C=O) groups excluding carboxylic acids is 1. The number of hydrogen-bond donors (Lipinski definition) is 2. The molecule has 0 aromatic heterocycles. The summed E-state index contributed by atoms with van der Waals surface area (Å²) in [5.41, 5.74) is 2.79. The summed E-state index contributed by atoms with van der Waals surface area (Å²) in [7, 11) is 1.70. The summed E-state index contributed by atoms with van der Waals surface area (Å²) >= 11 is 0. The molecule has 4 heteroatoms. The monoisotopic (exact) mass is 357 g/mol. The standard InChI is InChI=1S/C22H35N3O/c1-3-4-6-11-20(16-19-9-7-5-8-10-19)17-24-21-12-14-25(15-13-21)18-22(26)23-2/h5,7-10,16,21,24H,3-4,6,11-15,17-18H2,1-2H3,(H,23,26)/b20-16-. The molecule has 1 aliphatic rings. The molecule has 0 spiro atoms. The van der Waals surface area contributed by atoms with Crippen molar-refractivity contribution in [2.45, 2.75) is 51.5 Å². The van der Waals surface area contributed by atoms with E-state index in [1.807, 2.05) is 0 Å². The van der Waals surface area contributed by atoms with Crippen molar-refractivity contribution < 1.29 is 4.79 Å². The lowest BCUT2D eigenvalue weighted by atomic mass is 10.0. The van der Waals surface area contributed by atoms with Crippen molar-refractivity contribution in [3.05, 3.63) is 41.5 Å². The predicted molar refractivity (Wildman–Crippen MR) is 110 cm³/mol. The van der Waals surface area contributed by atoms with Crippen LogP contribution in [-0.2, 0) is 4.79 Å². The van der Waals surface area contributed by atoms with Gasteiger partial charge >= 0.3 is 0 Å². The van der Waals surface area contributed by atoms with Crippen LogP contribution in [0, 0.1) is 0 Å². The van der Waals surface area contributed by atoms with E-state index in [9.17, 15) is 4.79 Å². The zero-order valence-electron chi connectivity index (χ0n) is 16.5. The maximum atomic E-state index is 11.5. The van der Waals surface area contributed by atoms with E-state index in [1.165, 1.54) is 36.8 Å². The number of rotatable bonds is 10. The van der Waals surface area contributed by atoms with Crippen LogP contribution in [0.25, 0.3) is 6.08 Å². The van der Waals surface area contributed by atoms with E-state index in [2.05, 4.69) is 58.9 Å². The van der Waals surface area contributed by atoms with Crippen LogP contribution in [0.3, 0.4) is 0 Å².